The Hall–Kier alpha value is -2.92. The van der Waals surface area contributed by atoms with Crippen LogP contribution in [0.25, 0.3) is 0 Å². The molecule has 1 aromatic heterocycles. The Labute approximate surface area is 163 Å². The molecule has 0 unspecified atom stereocenters. The first-order chi connectivity index (χ1) is 13.3. The zero-order valence-corrected chi connectivity index (χ0v) is 16.0. The molecule has 0 radical (unpaired) electrons. The highest BCUT2D eigenvalue weighted by atomic mass is 32.2. The van der Waals surface area contributed by atoms with Crippen molar-refractivity contribution in [2.45, 2.75) is 11.3 Å². The topological polar surface area (TPSA) is 92.3 Å². The molecule has 28 heavy (non-hydrogen) atoms. The van der Waals surface area contributed by atoms with Crippen molar-refractivity contribution in [3.63, 3.8) is 0 Å². The fourth-order valence-corrected chi connectivity index (χ4v) is 4.05. The Morgan fingerprint density at radius 2 is 1.71 bits per heavy atom. The van der Waals surface area contributed by atoms with Gasteiger partial charge in [-0.05, 0) is 36.4 Å². The number of amides is 1. The number of anilines is 2. The largest absolute Gasteiger partial charge is 0.296 e. The third kappa shape index (κ3) is 4.15. The minimum atomic E-state index is -3.80. The first-order valence-corrected chi connectivity index (χ1v) is 10.1. The van der Waals surface area contributed by atoms with Gasteiger partial charge in [0.05, 0.1) is 10.6 Å². The molecule has 1 amide bonds. The van der Waals surface area contributed by atoms with Crippen LogP contribution in [0.1, 0.15) is 21.8 Å². The predicted molar refractivity (Wildman–Crippen MR) is 101 cm³/mol. The van der Waals surface area contributed by atoms with Gasteiger partial charge in [-0.1, -0.05) is 29.5 Å². The van der Waals surface area contributed by atoms with Gasteiger partial charge in [0.25, 0.3) is 22.4 Å². The molecule has 2 aromatic carbocycles. The molecular formula is C17H14F2N4O3S2. The van der Waals surface area contributed by atoms with Gasteiger partial charge in [-0.3, -0.25) is 14.4 Å². The summed E-state index contributed by atoms with van der Waals surface area (Å²) < 4.78 is 51.6. The van der Waals surface area contributed by atoms with Gasteiger partial charge >= 0.3 is 0 Å². The van der Waals surface area contributed by atoms with Crippen LogP contribution in [0.3, 0.4) is 0 Å². The second kappa shape index (κ2) is 7.98. The van der Waals surface area contributed by atoms with Crippen molar-refractivity contribution in [2.24, 2.45) is 0 Å². The normalized spacial score (nSPS) is 11.4. The number of aromatic nitrogens is 2. The Kier molecular flexibility index (Phi) is 5.66. The number of carbonyl (C=O) groups excluding carboxylic acids is 1. The Morgan fingerprint density at radius 3 is 2.29 bits per heavy atom. The van der Waals surface area contributed by atoms with Gasteiger partial charge in [-0.25, -0.2) is 17.2 Å². The minimum absolute atomic E-state index is 0.00584. The molecular weight excluding hydrogens is 410 g/mol. The summed E-state index contributed by atoms with van der Waals surface area (Å²) in [5.41, 5.74) is 0.644. The number of hydrogen-bond donors (Lipinski definition) is 1. The molecule has 0 fully saturated rings. The predicted octanol–water partition coefficient (Wildman–Crippen LogP) is 3.55. The van der Waals surface area contributed by atoms with Crippen molar-refractivity contribution < 1.29 is 22.0 Å². The van der Waals surface area contributed by atoms with Gasteiger partial charge in [0.1, 0.15) is 0 Å². The van der Waals surface area contributed by atoms with E-state index in [9.17, 15) is 22.0 Å². The van der Waals surface area contributed by atoms with Crippen LogP contribution in [0.5, 0.6) is 0 Å². The quantitative estimate of drug-likeness (QED) is 0.653. The molecule has 0 atom stereocenters. The van der Waals surface area contributed by atoms with Gasteiger partial charge in [0.15, 0.2) is 5.01 Å². The van der Waals surface area contributed by atoms with E-state index in [4.69, 9.17) is 0 Å². The fraction of sp³-hybridized carbons (Fsp3) is 0.118. The third-order valence-electron chi connectivity index (χ3n) is 3.74. The van der Waals surface area contributed by atoms with Crippen LogP contribution in [0, 0.1) is 0 Å². The number of nitrogens with zero attached hydrogens (tertiary/aromatic N) is 3. The summed E-state index contributed by atoms with van der Waals surface area (Å²) in [6.45, 7) is 0. The minimum Gasteiger partial charge on any atom is -0.296 e. The number of alkyl halides is 2. The van der Waals surface area contributed by atoms with E-state index in [1.807, 2.05) is 0 Å². The fourth-order valence-electron chi connectivity index (χ4n) is 2.26. The smallest absolute Gasteiger partial charge is 0.291 e. The molecule has 0 saturated heterocycles. The molecule has 0 bridgehead atoms. The van der Waals surface area contributed by atoms with Gasteiger partial charge in [0, 0.05) is 12.6 Å². The Balaban J connectivity index is 1.76. The van der Waals surface area contributed by atoms with Gasteiger partial charge in [-0.15, -0.1) is 10.2 Å². The first kappa shape index (κ1) is 19.8. The number of para-hydroxylation sites is 1. The van der Waals surface area contributed by atoms with E-state index in [2.05, 4.69) is 15.5 Å². The van der Waals surface area contributed by atoms with Crippen molar-refractivity contribution in [1.29, 1.82) is 0 Å². The molecule has 3 rings (SSSR count). The lowest BCUT2D eigenvalue weighted by Crippen LogP contribution is -2.26. The molecule has 0 aliphatic heterocycles. The van der Waals surface area contributed by atoms with Gasteiger partial charge in [-0.2, -0.15) is 0 Å². The van der Waals surface area contributed by atoms with Crippen LogP contribution >= 0.6 is 11.3 Å². The number of carbonyl (C=O) groups is 1. The van der Waals surface area contributed by atoms with Crippen LogP contribution < -0.4 is 9.62 Å². The molecule has 1 heterocycles. The van der Waals surface area contributed by atoms with Gasteiger partial charge < -0.3 is 0 Å². The van der Waals surface area contributed by atoms with Crippen molar-refractivity contribution in [2.75, 3.05) is 16.7 Å². The van der Waals surface area contributed by atoms with E-state index in [0.29, 0.717) is 17.0 Å². The standard InChI is InChI=1S/C17H14F2N4O3S2/c1-23(12-5-3-2-4-6-12)28(25,26)13-9-7-11(8-10-13)15(24)20-17-22-21-16(27-17)14(18)19/h2-10,14H,1H3,(H,20,22,24). The van der Waals surface area contributed by atoms with E-state index >= 15 is 0 Å². The number of hydrogen-bond acceptors (Lipinski definition) is 6. The second-order valence-electron chi connectivity index (χ2n) is 5.53. The Morgan fingerprint density at radius 1 is 1.07 bits per heavy atom. The number of halogens is 2. The highest BCUT2D eigenvalue weighted by molar-refractivity contribution is 7.92. The molecule has 146 valence electrons. The molecule has 7 nitrogen and oxygen atoms in total. The average molecular weight is 424 g/mol. The van der Waals surface area contributed by atoms with E-state index in [0.717, 1.165) is 4.31 Å². The summed E-state index contributed by atoms with van der Waals surface area (Å²) in [4.78, 5) is 12.2. The molecule has 0 aliphatic carbocycles. The van der Waals surface area contributed by atoms with Crippen molar-refractivity contribution >= 4 is 38.1 Å². The third-order valence-corrected chi connectivity index (χ3v) is 6.39. The number of sulfonamides is 1. The van der Waals surface area contributed by atoms with E-state index < -0.39 is 27.4 Å². The summed E-state index contributed by atoms with van der Waals surface area (Å²) in [5, 5.41) is 8.53. The second-order valence-corrected chi connectivity index (χ2v) is 8.51. The molecule has 0 saturated carbocycles. The highest BCUT2D eigenvalue weighted by Crippen LogP contribution is 2.26. The number of rotatable bonds is 6. The van der Waals surface area contributed by atoms with Gasteiger partial charge in [0.2, 0.25) is 5.13 Å². The summed E-state index contributed by atoms with van der Waals surface area (Å²) in [6.07, 6.45) is -2.77. The number of nitrogens with one attached hydrogen (secondary N) is 1. The lowest BCUT2D eigenvalue weighted by Gasteiger charge is -2.19. The maximum absolute atomic E-state index is 12.7. The first-order valence-electron chi connectivity index (χ1n) is 7.86. The molecule has 0 aliphatic rings. The maximum atomic E-state index is 12.7. The van der Waals surface area contributed by atoms with Crippen LogP contribution in [-0.4, -0.2) is 31.6 Å². The Bertz CT molecular complexity index is 1070. The summed E-state index contributed by atoms with van der Waals surface area (Å²) in [6, 6.07) is 13.8. The molecule has 11 heteroatoms. The summed E-state index contributed by atoms with van der Waals surface area (Å²) in [5.74, 6) is -0.614. The lowest BCUT2D eigenvalue weighted by molar-refractivity contribution is 0.102. The summed E-state index contributed by atoms with van der Waals surface area (Å²) >= 11 is 0.566. The number of benzene rings is 2. The molecule has 3 aromatic rings. The average Bonchev–Trinajstić information content (AvgIpc) is 3.17. The lowest BCUT2D eigenvalue weighted by atomic mass is 10.2. The van der Waals surface area contributed by atoms with E-state index in [-0.39, 0.29) is 15.6 Å². The summed E-state index contributed by atoms with van der Waals surface area (Å²) in [7, 11) is -2.37. The van der Waals surface area contributed by atoms with Crippen LogP contribution in [0.15, 0.2) is 59.5 Å². The van der Waals surface area contributed by atoms with E-state index in [1.54, 1.807) is 30.3 Å². The molecule has 1 N–H and O–H groups in total. The molecule has 0 spiro atoms. The highest BCUT2D eigenvalue weighted by Gasteiger charge is 2.22. The van der Waals surface area contributed by atoms with Crippen LogP contribution in [-0.2, 0) is 10.0 Å². The maximum Gasteiger partial charge on any atom is 0.291 e. The van der Waals surface area contributed by atoms with Crippen molar-refractivity contribution in [3.8, 4) is 0 Å². The van der Waals surface area contributed by atoms with Crippen molar-refractivity contribution in [3.05, 3.63) is 65.2 Å². The monoisotopic (exact) mass is 424 g/mol. The van der Waals surface area contributed by atoms with Crippen molar-refractivity contribution in [1.82, 2.24) is 10.2 Å². The van der Waals surface area contributed by atoms with Crippen LogP contribution in [0.2, 0.25) is 0 Å². The SMILES string of the molecule is CN(c1ccccc1)S(=O)(=O)c1ccc(C(=O)Nc2nnc(C(F)F)s2)cc1. The van der Waals surface area contributed by atoms with Crippen LogP contribution in [0.4, 0.5) is 19.6 Å². The zero-order chi connectivity index (χ0) is 20.3. The zero-order valence-electron chi connectivity index (χ0n) is 14.4. The van der Waals surface area contributed by atoms with E-state index in [1.165, 1.54) is 31.3 Å².